The highest BCUT2D eigenvalue weighted by atomic mass is 36.0. The molecule has 0 N–H and O–H groups in total. The molecule has 1 nitrogen and oxygen atoms in total. The van der Waals surface area contributed by atoms with Gasteiger partial charge in [0, 0.05) is 0 Å². The molecule has 76 valence electrons. The quantitative estimate of drug-likeness (QED) is 0.434. The second-order valence-corrected chi connectivity index (χ2v) is 10.2. The van der Waals surface area contributed by atoms with E-state index in [1.165, 1.54) is 0 Å². The number of halogens is 3. The molecule has 0 saturated heterocycles. The Morgan fingerprint density at radius 3 is 2.46 bits per heavy atom. The number of allylic oxidation sites excluding steroid dienone is 2. The first-order valence-electron chi connectivity index (χ1n) is 4.43. The SMILES string of the molecule is ClP(Cl)(Cl)=NC1CC/C=C\CCC1. The Hall–Kier alpha value is 0.840. The average Bonchev–Trinajstić information content (AvgIpc) is 1.92. The van der Waals surface area contributed by atoms with Crippen LogP contribution in [0.3, 0.4) is 0 Å². The van der Waals surface area contributed by atoms with Gasteiger partial charge in [-0.25, -0.2) is 0 Å². The molecule has 0 aromatic carbocycles. The van der Waals surface area contributed by atoms with Crippen LogP contribution in [0.4, 0.5) is 0 Å². The summed E-state index contributed by atoms with van der Waals surface area (Å²) in [6.07, 6.45) is 9.82. The molecule has 0 fully saturated rings. The maximum atomic E-state index is 5.72. The van der Waals surface area contributed by atoms with E-state index in [9.17, 15) is 0 Å². The van der Waals surface area contributed by atoms with Crippen LogP contribution in [0.2, 0.25) is 0 Å². The lowest BCUT2D eigenvalue weighted by molar-refractivity contribution is 0.551. The molecule has 1 aliphatic rings. The summed E-state index contributed by atoms with van der Waals surface area (Å²) >= 11 is 17.2. The summed E-state index contributed by atoms with van der Waals surface area (Å²) in [5.41, 5.74) is 0. The van der Waals surface area contributed by atoms with Crippen molar-refractivity contribution in [1.82, 2.24) is 0 Å². The van der Waals surface area contributed by atoms with Crippen molar-refractivity contribution in [2.75, 3.05) is 0 Å². The minimum Gasteiger partial charge on any atom is -0.258 e. The van der Waals surface area contributed by atoms with Crippen LogP contribution in [-0.4, -0.2) is 6.04 Å². The molecule has 0 bridgehead atoms. The first-order chi connectivity index (χ1) is 6.08. The zero-order valence-corrected chi connectivity index (χ0v) is 10.5. The highest BCUT2D eigenvalue weighted by Crippen LogP contribution is 2.65. The number of hydrogen-bond donors (Lipinski definition) is 0. The predicted octanol–water partition coefficient (Wildman–Crippen LogP) is 5.54. The highest BCUT2D eigenvalue weighted by Gasteiger charge is 2.13. The van der Waals surface area contributed by atoms with E-state index in [4.69, 9.17) is 33.7 Å². The van der Waals surface area contributed by atoms with Gasteiger partial charge in [-0.15, -0.1) is 0 Å². The summed E-state index contributed by atoms with van der Waals surface area (Å²) in [4.78, 5) is 0. The molecule has 13 heavy (non-hydrogen) atoms. The third-order valence-corrected chi connectivity index (χ3v) is 3.41. The van der Waals surface area contributed by atoms with Crippen molar-refractivity contribution in [2.24, 2.45) is 4.74 Å². The summed E-state index contributed by atoms with van der Waals surface area (Å²) in [5, 5.41) is -2.50. The van der Waals surface area contributed by atoms with Crippen molar-refractivity contribution >= 4 is 38.8 Å². The van der Waals surface area contributed by atoms with Crippen LogP contribution < -0.4 is 0 Å². The van der Waals surface area contributed by atoms with Gasteiger partial charge in [-0.1, -0.05) is 12.2 Å². The Kier molecular flexibility index (Phi) is 5.18. The van der Waals surface area contributed by atoms with Crippen LogP contribution in [0.1, 0.15) is 32.1 Å². The molecular weight excluding hydrogens is 247 g/mol. The third-order valence-electron chi connectivity index (χ3n) is 2.04. The van der Waals surface area contributed by atoms with E-state index in [1.54, 1.807) is 0 Å². The predicted molar refractivity (Wildman–Crippen MR) is 62.9 cm³/mol. The maximum Gasteiger partial charge on any atom is 0.224 e. The molecular formula is C8H13Cl3NP. The fourth-order valence-electron chi connectivity index (χ4n) is 1.44. The first kappa shape index (κ1) is 11.9. The van der Waals surface area contributed by atoms with Gasteiger partial charge >= 0.3 is 0 Å². The van der Waals surface area contributed by atoms with Gasteiger partial charge in [0.2, 0.25) is 5.11 Å². The lowest BCUT2D eigenvalue weighted by Crippen LogP contribution is -2.03. The second-order valence-electron chi connectivity index (χ2n) is 3.17. The minimum absolute atomic E-state index is 0.255. The van der Waals surface area contributed by atoms with E-state index >= 15 is 0 Å². The Labute approximate surface area is 93.9 Å². The van der Waals surface area contributed by atoms with Crippen molar-refractivity contribution in [2.45, 2.75) is 38.1 Å². The van der Waals surface area contributed by atoms with Gasteiger partial charge in [0.1, 0.15) is 0 Å². The molecule has 1 aliphatic carbocycles. The Bertz CT molecular complexity index is 225. The number of nitrogens with zero attached hydrogens (tertiary/aromatic N) is 1. The Morgan fingerprint density at radius 1 is 1.08 bits per heavy atom. The minimum atomic E-state index is -2.50. The largest absolute Gasteiger partial charge is 0.258 e. The van der Waals surface area contributed by atoms with Crippen LogP contribution in [0.15, 0.2) is 16.9 Å². The van der Waals surface area contributed by atoms with Crippen LogP contribution in [0.25, 0.3) is 0 Å². The normalized spacial score (nSPS) is 27.5. The van der Waals surface area contributed by atoms with Gasteiger partial charge in [0.15, 0.2) is 0 Å². The molecule has 0 saturated carbocycles. The monoisotopic (exact) mass is 259 g/mol. The summed E-state index contributed by atoms with van der Waals surface area (Å²) in [6, 6.07) is 0.255. The molecule has 0 spiro atoms. The van der Waals surface area contributed by atoms with Gasteiger partial charge in [-0.05, 0) is 65.8 Å². The van der Waals surface area contributed by atoms with Crippen molar-refractivity contribution in [3.8, 4) is 0 Å². The summed E-state index contributed by atoms with van der Waals surface area (Å²) in [6.45, 7) is 0. The van der Waals surface area contributed by atoms with E-state index in [2.05, 4.69) is 16.9 Å². The van der Waals surface area contributed by atoms with Crippen molar-refractivity contribution < 1.29 is 0 Å². The lowest BCUT2D eigenvalue weighted by Gasteiger charge is -2.14. The zero-order valence-electron chi connectivity index (χ0n) is 7.30. The molecule has 0 aromatic heterocycles. The van der Waals surface area contributed by atoms with Crippen molar-refractivity contribution in [3.05, 3.63) is 12.2 Å². The van der Waals surface area contributed by atoms with Crippen molar-refractivity contribution in [1.29, 1.82) is 0 Å². The molecule has 0 heterocycles. The molecule has 1 rings (SSSR count). The lowest BCUT2D eigenvalue weighted by atomic mass is 10.0. The van der Waals surface area contributed by atoms with Gasteiger partial charge in [-0.3, -0.25) is 4.74 Å². The van der Waals surface area contributed by atoms with Gasteiger partial charge < -0.3 is 0 Å². The Balaban J connectivity index is 2.54. The average molecular weight is 261 g/mol. The molecule has 0 amide bonds. The number of hydrogen-bond acceptors (Lipinski definition) is 1. The first-order valence-corrected chi connectivity index (χ1v) is 8.89. The maximum absolute atomic E-state index is 5.72. The molecule has 1 unspecified atom stereocenters. The number of rotatable bonds is 1. The van der Waals surface area contributed by atoms with Gasteiger partial charge in [0.25, 0.3) is 0 Å². The molecule has 0 aliphatic heterocycles. The van der Waals surface area contributed by atoms with E-state index in [0.717, 1.165) is 32.1 Å². The second kappa shape index (κ2) is 5.66. The molecule has 5 heteroatoms. The van der Waals surface area contributed by atoms with E-state index < -0.39 is 5.11 Å². The fourth-order valence-corrected chi connectivity index (χ4v) is 3.15. The smallest absolute Gasteiger partial charge is 0.224 e. The standard InChI is InChI=1S/C8H13Cl3NP/c9-13(10,11)12-8-6-4-2-1-3-5-7-8/h1-2,8H,3-7H2/b2-1-. The van der Waals surface area contributed by atoms with Gasteiger partial charge in [-0.2, -0.15) is 0 Å². The summed E-state index contributed by atoms with van der Waals surface area (Å²) in [5.74, 6) is 0. The molecule has 1 atom stereocenters. The van der Waals surface area contributed by atoms with Crippen LogP contribution in [-0.2, 0) is 0 Å². The Morgan fingerprint density at radius 2 is 1.77 bits per heavy atom. The summed E-state index contributed by atoms with van der Waals surface area (Å²) in [7, 11) is 0. The van der Waals surface area contributed by atoms with Crippen LogP contribution in [0.5, 0.6) is 0 Å². The molecule has 0 aromatic rings. The van der Waals surface area contributed by atoms with Crippen molar-refractivity contribution in [3.63, 3.8) is 0 Å². The fraction of sp³-hybridized carbons (Fsp3) is 0.750. The highest BCUT2D eigenvalue weighted by molar-refractivity contribution is 8.26. The van der Waals surface area contributed by atoms with E-state index in [0.29, 0.717) is 0 Å². The zero-order chi connectivity index (χ0) is 9.73. The van der Waals surface area contributed by atoms with E-state index in [1.807, 2.05) is 0 Å². The van der Waals surface area contributed by atoms with E-state index in [-0.39, 0.29) is 6.04 Å². The van der Waals surface area contributed by atoms with Crippen LogP contribution in [0, 0.1) is 0 Å². The molecule has 0 radical (unpaired) electrons. The van der Waals surface area contributed by atoms with Gasteiger partial charge in [0.05, 0.1) is 6.04 Å². The van der Waals surface area contributed by atoms with Crippen LogP contribution >= 0.6 is 38.8 Å². The topological polar surface area (TPSA) is 12.4 Å². The third kappa shape index (κ3) is 6.01. The summed E-state index contributed by atoms with van der Waals surface area (Å²) < 4.78 is 4.24.